The van der Waals surface area contributed by atoms with E-state index < -0.39 is 18.4 Å². The minimum Gasteiger partial charge on any atom is -0.404 e. The lowest BCUT2D eigenvalue weighted by Crippen LogP contribution is -2.58. The van der Waals surface area contributed by atoms with E-state index in [9.17, 15) is 38.2 Å². The van der Waals surface area contributed by atoms with Crippen LogP contribution in [0.3, 0.4) is 0 Å². The lowest BCUT2D eigenvalue weighted by atomic mass is 9.87. The molecule has 6 heterocycles. The van der Waals surface area contributed by atoms with Crippen LogP contribution in [0.25, 0.3) is 16.6 Å². The SMILES string of the molecule is CN=CC(=CN)c1cc2c(cc1C(F)F)N(C(=N)C1CN(C(C)=O)CCC1NC1CCN(C(=O)CN3CCN(CCCc4ccc5c(c4)n(C)c(=O)n5C4CCC(=O)NC4=O)CC3)C1)CCC2. The Kier molecular flexibility index (Phi) is 14.7. The molecule has 5 N–H and O–H groups in total. The molecule has 0 aliphatic carbocycles. The van der Waals surface area contributed by atoms with Crippen LogP contribution in [0.4, 0.5) is 14.5 Å². The smallest absolute Gasteiger partial charge is 0.329 e. The molecule has 4 atom stereocenters. The number of aliphatic imine (C=N–C) groups is 1. The summed E-state index contributed by atoms with van der Waals surface area (Å²) in [6.45, 7) is 8.66. The lowest BCUT2D eigenvalue weighted by Gasteiger charge is -2.43. The molecular weight excluding hydrogens is 863 g/mol. The van der Waals surface area contributed by atoms with Gasteiger partial charge in [-0.25, -0.2) is 13.6 Å². The van der Waals surface area contributed by atoms with Crippen molar-refractivity contribution in [3.8, 4) is 0 Å². The summed E-state index contributed by atoms with van der Waals surface area (Å²) < 4.78 is 32.2. The summed E-state index contributed by atoms with van der Waals surface area (Å²) in [5, 5.41) is 15.7. The van der Waals surface area contributed by atoms with E-state index in [-0.39, 0.29) is 53.4 Å². The van der Waals surface area contributed by atoms with Gasteiger partial charge in [0, 0.05) is 134 Å². The number of piperazine rings is 1. The Morgan fingerprint density at radius 1 is 0.955 bits per heavy atom. The largest absolute Gasteiger partial charge is 0.404 e. The molecule has 4 fully saturated rings. The van der Waals surface area contributed by atoms with Gasteiger partial charge in [-0.2, -0.15) is 0 Å². The molecule has 5 aliphatic heterocycles. The third kappa shape index (κ3) is 10.2. The number of amidine groups is 1. The first-order valence-corrected chi connectivity index (χ1v) is 23.7. The number of carbonyl (C=O) groups excluding carboxylic acids is 4. The third-order valence-electron chi connectivity index (χ3n) is 14.5. The van der Waals surface area contributed by atoms with Gasteiger partial charge >= 0.3 is 5.69 Å². The number of aromatic nitrogens is 2. The van der Waals surface area contributed by atoms with Gasteiger partial charge in [0.1, 0.15) is 11.9 Å². The number of allylic oxidation sites excluding steroid dienone is 1. The molecule has 0 radical (unpaired) electrons. The summed E-state index contributed by atoms with van der Waals surface area (Å²) in [5.74, 6) is -0.824. The van der Waals surface area contributed by atoms with Crippen LogP contribution in [0, 0.1) is 11.3 Å². The summed E-state index contributed by atoms with van der Waals surface area (Å²) in [4.78, 5) is 77.9. The molecule has 0 saturated carbocycles. The van der Waals surface area contributed by atoms with Gasteiger partial charge in [-0.3, -0.25) is 48.9 Å². The number of fused-ring (bicyclic) bond motifs is 2. The standard InChI is InChI=1S/C48H64F2N12O5/c1-30(63)59-17-13-38(37(28-59)46(52)61-15-5-7-32-23-35(33(25-51)26-53-2)36(45(49)50)24-41(32)61)54-34-12-16-60(27-34)44(65)29-58-20-18-57(19-21-58)14-4-6-31-8-9-39-42(22-31)56(3)48(67)62(39)40-10-11-43(64)55-47(40)66/h8-9,22-26,34,37-38,40,45,52,54H,4-7,10-21,27-29,51H2,1-3H3,(H,55,64,66). The molecule has 67 heavy (non-hydrogen) atoms. The van der Waals surface area contributed by atoms with Crippen molar-refractivity contribution in [2.45, 2.75) is 82.8 Å². The van der Waals surface area contributed by atoms with Gasteiger partial charge in [-0.1, -0.05) is 6.07 Å². The maximum atomic E-state index is 14.6. The summed E-state index contributed by atoms with van der Waals surface area (Å²) >= 11 is 0. The molecule has 1 aromatic heterocycles. The topological polar surface area (TPSA) is 198 Å². The van der Waals surface area contributed by atoms with E-state index in [0.29, 0.717) is 86.7 Å². The number of aryl methyl sites for hydroxylation is 3. The number of halogens is 2. The zero-order chi connectivity index (χ0) is 47.5. The number of nitrogens with zero attached hydrogens (tertiary/aromatic N) is 8. The van der Waals surface area contributed by atoms with Gasteiger partial charge in [-0.15, -0.1) is 0 Å². The van der Waals surface area contributed by atoms with Crippen LogP contribution in [0.2, 0.25) is 0 Å². The van der Waals surface area contributed by atoms with Crippen LogP contribution in [-0.4, -0.2) is 156 Å². The molecule has 8 rings (SSSR count). The van der Waals surface area contributed by atoms with Crippen LogP contribution in [0.1, 0.15) is 80.2 Å². The summed E-state index contributed by atoms with van der Waals surface area (Å²) in [7, 11) is 3.27. The average Bonchev–Trinajstić information content (AvgIpc) is 3.89. The highest BCUT2D eigenvalue weighted by Crippen LogP contribution is 2.38. The number of rotatable bonds is 13. The van der Waals surface area contributed by atoms with Crippen LogP contribution >= 0.6 is 0 Å². The Hall–Kier alpha value is -5.79. The van der Waals surface area contributed by atoms with E-state index in [0.717, 1.165) is 75.1 Å². The summed E-state index contributed by atoms with van der Waals surface area (Å²) in [6.07, 6.45) is 5.04. The van der Waals surface area contributed by atoms with Crippen molar-refractivity contribution in [1.29, 1.82) is 5.41 Å². The highest BCUT2D eigenvalue weighted by molar-refractivity contribution is 6.10. The van der Waals surface area contributed by atoms with Crippen LogP contribution < -0.4 is 27.0 Å². The zero-order valence-electron chi connectivity index (χ0n) is 38.8. The molecule has 19 heteroatoms. The molecule has 3 aromatic rings. The zero-order valence-corrected chi connectivity index (χ0v) is 38.8. The second-order valence-corrected chi connectivity index (χ2v) is 18.7. The molecule has 5 aliphatic rings. The number of benzene rings is 2. The average molecular weight is 927 g/mol. The minimum absolute atomic E-state index is 0.0177. The molecule has 0 bridgehead atoms. The number of alkyl halides is 2. The van der Waals surface area contributed by atoms with Gasteiger partial charge in [0.2, 0.25) is 23.6 Å². The number of imidazole rings is 1. The molecule has 360 valence electrons. The van der Waals surface area contributed by atoms with Crippen LogP contribution in [-0.2, 0) is 39.1 Å². The third-order valence-corrected chi connectivity index (χ3v) is 14.5. The maximum Gasteiger partial charge on any atom is 0.329 e. The van der Waals surface area contributed by atoms with Crippen molar-refractivity contribution in [3.63, 3.8) is 0 Å². The van der Waals surface area contributed by atoms with Gasteiger partial charge < -0.3 is 30.7 Å². The molecule has 4 unspecified atom stereocenters. The fourth-order valence-corrected chi connectivity index (χ4v) is 10.8. The van der Waals surface area contributed by atoms with Crippen molar-refractivity contribution in [1.82, 2.24) is 39.4 Å². The molecule has 0 spiro atoms. The second kappa shape index (κ2) is 20.6. The van der Waals surface area contributed by atoms with Crippen molar-refractivity contribution < 1.29 is 28.0 Å². The highest BCUT2D eigenvalue weighted by atomic mass is 19.3. The Morgan fingerprint density at radius 2 is 1.72 bits per heavy atom. The lowest BCUT2D eigenvalue weighted by molar-refractivity contribution is -0.136. The number of nitrogens with one attached hydrogen (secondary N) is 3. The number of amides is 4. The number of piperidine rings is 2. The number of carbonyl (C=O) groups is 4. The maximum absolute atomic E-state index is 14.6. The first kappa shape index (κ1) is 47.7. The number of hydrogen-bond acceptors (Lipinski definition) is 11. The van der Waals surface area contributed by atoms with E-state index in [1.807, 2.05) is 28.0 Å². The highest BCUT2D eigenvalue weighted by Gasteiger charge is 2.40. The predicted octanol–water partition coefficient (Wildman–Crippen LogP) is 2.66. The normalized spacial score (nSPS) is 23.4. The van der Waals surface area contributed by atoms with E-state index in [1.54, 1.807) is 29.6 Å². The predicted molar refractivity (Wildman–Crippen MR) is 253 cm³/mol. The number of hydrogen-bond donors (Lipinski definition) is 4. The molecular formula is C48H64F2N12O5. The van der Waals surface area contributed by atoms with Gasteiger partial charge in [-0.05, 0) is 92.4 Å². The van der Waals surface area contributed by atoms with Gasteiger partial charge in [0.15, 0.2) is 0 Å². The van der Waals surface area contributed by atoms with E-state index in [2.05, 4.69) is 25.4 Å². The number of nitrogens with two attached hydrogens (primary N) is 1. The number of imide groups is 1. The molecule has 17 nitrogen and oxygen atoms in total. The van der Waals surface area contributed by atoms with Gasteiger partial charge in [0.25, 0.3) is 6.43 Å². The van der Waals surface area contributed by atoms with Crippen LogP contribution in [0.15, 0.2) is 46.3 Å². The first-order chi connectivity index (χ1) is 32.2. The summed E-state index contributed by atoms with van der Waals surface area (Å²) in [6, 6.07) is 8.33. The van der Waals surface area contributed by atoms with Crippen LogP contribution in [0.5, 0.6) is 0 Å². The Morgan fingerprint density at radius 3 is 2.43 bits per heavy atom. The fourth-order valence-electron chi connectivity index (χ4n) is 10.8. The van der Waals surface area contributed by atoms with Crippen molar-refractivity contribution >= 4 is 58.0 Å². The van der Waals surface area contributed by atoms with E-state index in [4.69, 9.17) is 5.73 Å². The molecule has 4 amide bonds. The van der Waals surface area contributed by atoms with Gasteiger partial charge in [0.05, 0.1) is 17.6 Å². The second-order valence-electron chi connectivity index (χ2n) is 18.7. The van der Waals surface area contributed by atoms with Crippen molar-refractivity contribution in [2.24, 2.45) is 23.7 Å². The number of anilines is 1. The fraction of sp³-hybridized carbons (Fsp3) is 0.562. The quantitative estimate of drug-likeness (QED) is 0.112. The van der Waals surface area contributed by atoms with E-state index >= 15 is 0 Å². The summed E-state index contributed by atoms with van der Waals surface area (Å²) in [5.41, 5.74) is 10.1. The molecule has 2 aromatic carbocycles. The molecule has 4 saturated heterocycles. The Balaban J connectivity index is 0.826. The first-order valence-electron chi connectivity index (χ1n) is 23.7. The van der Waals surface area contributed by atoms with Crippen molar-refractivity contribution in [2.75, 3.05) is 83.9 Å². The van der Waals surface area contributed by atoms with Crippen molar-refractivity contribution in [3.05, 3.63) is 69.3 Å². The number of likely N-dealkylation sites (tertiary alicyclic amines) is 2. The van der Waals surface area contributed by atoms with E-state index in [1.165, 1.54) is 30.0 Å². The minimum atomic E-state index is -2.77. The monoisotopic (exact) mass is 927 g/mol. The Bertz CT molecular complexity index is 2510. The Labute approximate surface area is 389 Å².